The van der Waals surface area contributed by atoms with Crippen LogP contribution >= 0.6 is 0 Å². The number of hydrogen-bond acceptors (Lipinski definition) is 4. The number of rotatable bonds is 6. The van der Waals surface area contributed by atoms with Crippen LogP contribution in [-0.4, -0.2) is 46.3 Å². The van der Waals surface area contributed by atoms with E-state index in [-0.39, 0.29) is 0 Å². The number of para-hydroxylation sites is 1. The van der Waals surface area contributed by atoms with Crippen molar-refractivity contribution in [3.8, 4) is 0 Å². The van der Waals surface area contributed by atoms with Gasteiger partial charge in [0.15, 0.2) is 9.84 Å². The Labute approximate surface area is 151 Å². The van der Waals surface area contributed by atoms with Crippen LogP contribution in [0.2, 0.25) is 0 Å². The number of nitrogens with zero attached hydrogens (tertiary/aromatic N) is 2. The highest BCUT2D eigenvalue weighted by Gasteiger charge is 2.23. The smallest absolute Gasteiger partial charge is 0.175 e. The van der Waals surface area contributed by atoms with Gasteiger partial charge in [0.25, 0.3) is 0 Å². The van der Waals surface area contributed by atoms with Crippen LogP contribution in [0.25, 0.3) is 0 Å². The number of hydrogen-bond donors (Lipinski definition) is 0. The van der Waals surface area contributed by atoms with E-state index in [1.54, 1.807) is 12.1 Å². The molecule has 2 aromatic carbocycles. The van der Waals surface area contributed by atoms with Crippen LogP contribution in [0.4, 0.5) is 5.69 Å². The van der Waals surface area contributed by atoms with Gasteiger partial charge in [0.05, 0.1) is 4.90 Å². The monoisotopic (exact) mass is 358 g/mol. The van der Waals surface area contributed by atoms with Crippen LogP contribution in [0.3, 0.4) is 0 Å². The molecule has 1 saturated heterocycles. The lowest BCUT2D eigenvalue weighted by Crippen LogP contribution is -2.28. The third kappa shape index (κ3) is 4.83. The summed E-state index contributed by atoms with van der Waals surface area (Å²) >= 11 is 0. The Balaban J connectivity index is 1.52. The Hall–Kier alpha value is -1.85. The molecule has 25 heavy (non-hydrogen) atoms. The lowest BCUT2D eigenvalue weighted by molar-refractivity contribution is 0.279. The summed E-state index contributed by atoms with van der Waals surface area (Å²) in [6, 6.07) is 17.8. The fraction of sp³-hybridized carbons (Fsp3) is 0.400. The highest BCUT2D eigenvalue weighted by atomic mass is 32.2. The Morgan fingerprint density at radius 2 is 1.76 bits per heavy atom. The molecule has 2 aromatic rings. The summed E-state index contributed by atoms with van der Waals surface area (Å²) in [6.07, 6.45) is 2.46. The highest BCUT2D eigenvalue weighted by Crippen LogP contribution is 2.24. The van der Waals surface area contributed by atoms with Gasteiger partial charge in [-0.3, -0.25) is 0 Å². The van der Waals surface area contributed by atoms with Gasteiger partial charge in [-0.05, 0) is 49.2 Å². The van der Waals surface area contributed by atoms with Gasteiger partial charge in [-0.1, -0.05) is 30.3 Å². The molecule has 5 heteroatoms. The summed E-state index contributed by atoms with van der Waals surface area (Å²) in [7, 11) is -0.984. The van der Waals surface area contributed by atoms with Gasteiger partial charge >= 0.3 is 0 Å². The second kappa shape index (κ2) is 7.58. The predicted octanol–water partition coefficient (Wildman–Crippen LogP) is 3.05. The average Bonchev–Trinajstić information content (AvgIpc) is 3.03. The number of anilines is 1. The Morgan fingerprint density at radius 3 is 2.40 bits per heavy atom. The molecule has 134 valence electrons. The topological polar surface area (TPSA) is 40.6 Å². The molecule has 0 spiro atoms. The van der Waals surface area contributed by atoms with Crippen molar-refractivity contribution >= 4 is 15.5 Å². The first-order chi connectivity index (χ1) is 11.9. The lowest BCUT2D eigenvalue weighted by atomic mass is 10.1. The van der Waals surface area contributed by atoms with Crippen LogP contribution in [0.5, 0.6) is 0 Å². The first-order valence-electron chi connectivity index (χ1n) is 8.69. The van der Waals surface area contributed by atoms with E-state index in [2.05, 4.69) is 47.2 Å². The maximum absolute atomic E-state index is 11.5. The van der Waals surface area contributed by atoms with Gasteiger partial charge < -0.3 is 9.80 Å². The molecule has 0 amide bonds. The molecule has 3 rings (SSSR count). The molecule has 0 saturated carbocycles. The lowest BCUT2D eigenvalue weighted by Gasteiger charge is -2.22. The van der Waals surface area contributed by atoms with Crippen molar-refractivity contribution in [2.75, 3.05) is 37.8 Å². The van der Waals surface area contributed by atoms with Crippen molar-refractivity contribution in [1.29, 1.82) is 0 Å². The first-order valence-corrected chi connectivity index (χ1v) is 10.6. The molecule has 4 nitrogen and oxygen atoms in total. The van der Waals surface area contributed by atoms with Crippen molar-refractivity contribution in [3.05, 3.63) is 60.2 Å². The van der Waals surface area contributed by atoms with Crippen molar-refractivity contribution < 1.29 is 8.42 Å². The minimum atomic E-state index is -3.12. The van der Waals surface area contributed by atoms with Crippen LogP contribution in [0.15, 0.2) is 59.5 Å². The number of sulfone groups is 1. The van der Waals surface area contributed by atoms with E-state index in [1.807, 2.05) is 12.1 Å². The summed E-state index contributed by atoms with van der Waals surface area (Å²) < 4.78 is 23.1. The van der Waals surface area contributed by atoms with Crippen LogP contribution in [0.1, 0.15) is 12.0 Å². The standard InChI is InChI=1S/C20H26N2O2S/c1-21(14-17-8-10-20(11-9-17)25(2,23)24)15-18-12-13-22(16-18)19-6-4-3-5-7-19/h3-11,18H,12-16H2,1-2H3/t18-/m0/s1. The summed E-state index contributed by atoms with van der Waals surface area (Å²) in [5.74, 6) is 0.667. The second-order valence-electron chi connectivity index (χ2n) is 7.05. The van der Waals surface area contributed by atoms with Gasteiger partial charge in [0.2, 0.25) is 0 Å². The van der Waals surface area contributed by atoms with Crippen LogP contribution < -0.4 is 4.90 Å². The molecular weight excluding hydrogens is 332 g/mol. The first kappa shape index (κ1) is 18.0. The molecule has 1 heterocycles. The molecule has 0 aromatic heterocycles. The third-order valence-electron chi connectivity index (χ3n) is 4.78. The Bertz CT molecular complexity index is 788. The molecule has 1 fully saturated rings. The summed E-state index contributed by atoms with van der Waals surface area (Å²) in [6.45, 7) is 4.11. The van der Waals surface area contributed by atoms with Crippen LogP contribution in [-0.2, 0) is 16.4 Å². The minimum Gasteiger partial charge on any atom is -0.371 e. The zero-order chi connectivity index (χ0) is 17.9. The Kier molecular flexibility index (Phi) is 5.45. The average molecular weight is 359 g/mol. The fourth-order valence-electron chi connectivity index (χ4n) is 3.51. The van der Waals surface area contributed by atoms with E-state index in [1.165, 1.54) is 18.4 Å². The largest absolute Gasteiger partial charge is 0.371 e. The summed E-state index contributed by atoms with van der Waals surface area (Å²) in [5, 5.41) is 0. The van der Waals surface area contributed by atoms with E-state index >= 15 is 0 Å². The molecule has 0 aliphatic carbocycles. The SMILES string of the molecule is CN(Cc1ccc(S(C)(=O)=O)cc1)C[C@@H]1CCN(c2ccccc2)C1. The van der Waals surface area contributed by atoms with Gasteiger partial charge in [0, 0.05) is 38.1 Å². The van der Waals surface area contributed by atoms with E-state index in [0.717, 1.165) is 31.7 Å². The molecule has 1 aliphatic heterocycles. The van der Waals surface area contributed by atoms with Crippen molar-refractivity contribution in [3.63, 3.8) is 0 Å². The Morgan fingerprint density at radius 1 is 1.08 bits per heavy atom. The number of benzene rings is 2. The maximum Gasteiger partial charge on any atom is 0.175 e. The minimum absolute atomic E-state index is 0.383. The molecule has 1 atom stereocenters. The second-order valence-corrected chi connectivity index (χ2v) is 9.06. The van der Waals surface area contributed by atoms with Gasteiger partial charge in [0.1, 0.15) is 0 Å². The van der Waals surface area contributed by atoms with Crippen LogP contribution in [0, 0.1) is 5.92 Å². The molecule has 0 unspecified atom stereocenters. The quantitative estimate of drug-likeness (QED) is 0.796. The van der Waals surface area contributed by atoms with Crippen molar-refractivity contribution in [2.45, 2.75) is 17.9 Å². The van der Waals surface area contributed by atoms with E-state index in [0.29, 0.717) is 10.8 Å². The molecular formula is C20H26N2O2S. The highest BCUT2D eigenvalue weighted by molar-refractivity contribution is 7.90. The predicted molar refractivity (Wildman–Crippen MR) is 103 cm³/mol. The fourth-order valence-corrected chi connectivity index (χ4v) is 4.14. The third-order valence-corrected chi connectivity index (χ3v) is 5.91. The summed E-state index contributed by atoms with van der Waals surface area (Å²) in [4.78, 5) is 5.17. The molecule has 0 N–H and O–H groups in total. The van der Waals surface area contributed by atoms with Gasteiger partial charge in [-0.2, -0.15) is 0 Å². The van der Waals surface area contributed by atoms with Gasteiger partial charge in [-0.15, -0.1) is 0 Å². The zero-order valence-corrected chi connectivity index (χ0v) is 15.7. The van der Waals surface area contributed by atoms with Crippen molar-refractivity contribution in [2.24, 2.45) is 5.92 Å². The molecule has 0 bridgehead atoms. The summed E-state index contributed by atoms with van der Waals surface area (Å²) in [5.41, 5.74) is 2.46. The molecule has 0 radical (unpaired) electrons. The molecule has 1 aliphatic rings. The maximum atomic E-state index is 11.5. The van der Waals surface area contributed by atoms with Gasteiger partial charge in [-0.25, -0.2) is 8.42 Å². The van der Waals surface area contributed by atoms with Crippen molar-refractivity contribution in [1.82, 2.24) is 4.90 Å². The van der Waals surface area contributed by atoms with E-state index < -0.39 is 9.84 Å². The zero-order valence-electron chi connectivity index (χ0n) is 14.9. The van der Waals surface area contributed by atoms with E-state index in [4.69, 9.17) is 0 Å². The normalized spacial score (nSPS) is 18.0. The van der Waals surface area contributed by atoms with E-state index in [9.17, 15) is 8.42 Å².